The van der Waals surface area contributed by atoms with Crippen LogP contribution in [0.3, 0.4) is 0 Å². The van der Waals surface area contributed by atoms with Gasteiger partial charge in [-0.2, -0.15) is 0 Å². The van der Waals surface area contributed by atoms with Crippen LogP contribution in [0.4, 0.5) is 0 Å². The van der Waals surface area contributed by atoms with E-state index in [9.17, 15) is 4.79 Å². The summed E-state index contributed by atoms with van der Waals surface area (Å²) in [4.78, 5) is 15.1. The van der Waals surface area contributed by atoms with Crippen LogP contribution >= 0.6 is 27.3 Å². The van der Waals surface area contributed by atoms with Gasteiger partial charge in [0.25, 0.3) is 5.91 Å². The van der Waals surface area contributed by atoms with Gasteiger partial charge in [-0.15, -0.1) is 11.3 Å². The number of carbonyl (C=O) groups excluding carboxylic acids is 1. The summed E-state index contributed by atoms with van der Waals surface area (Å²) < 4.78 is 4.45. The fourth-order valence-electron chi connectivity index (χ4n) is 3.73. The van der Waals surface area contributed by atoms with Crippen LogP contribution in [0.5, 0.6) is 0 Å². The highest BCUT2D eigenvalue weighted by Gasteiger charge is 2.24. The molecule has 3 nitrogen and oxygen atoms in total. The fourth-order valence-corrected chi connectivity index (χ4v) is 5.30. The van der Waals surface area contributed by atoms with E-state index in [1.807, 2.05) is 4.90 Å². The molecule has 0 atom stereocenters. The van der Waals surface area contributed by atoms with Gasteiger partial charge >= 0.3 is 0 Å². The quantitative estimate of drug-likeness (QED) is 0.482. The van der Waals surface area contributed by atoms with E-state index in [4.69, 9.17) is 0 Å². The normalized spacial score (nSPS) is 15.0. The minimum absolute atomic E-state index is 0.147. The van der Waals surface area contributed by atoms with Gasteiger partial charge in [0.1, 0.15) is 5.69 Å². The number of hydrogen-bond acceptors (Lipinski definition) is 2. The molecule has 3 heterocycles. The highest BCUT2D eigenvalue weighted by Crippen LogP contribution is 2.34. The monoisotopic (exact) mass is 444 g/mol. The van der Waals surface area contributed by atoms with E-state index < -0.39 is 0 Å². The third-order valence-corrected chi connectivity index (χ3v) is 6.91. The SMILES string of the molecule is CC(C)(C)c1ccc(Cn2c(C(=O)N3CCCC3)cc3sc(Br)cc32)cc1. The molecule has 1 aliphatic heterocycles. The molecule has 1 saturated heterocycles. The minimum Gasteiger partial charge on any atom is -0.337 e. The number of rotatable bonds is 3. The lowest BCUT2D eigenvalue weighted by atomic mass is 9.87. The molecule has 0 aliphatic carbocycles. The molecule has 0 saturated carbocycles. The highest BCUT2D eigenvalue weighted by atomic mass is 79.9. The van der Waals surface area contributed by atoms with Gasteiger partial charge in [0, 0.05) is 19.6 Å². The van der Waals surface area contributed by atoms with Crippen molar-refractivity contribution in [2.24, 2.45) is 0 Å². The number of halogens is 1. The van der Waals surface area contributed by atoms with Gasteiger partial charge in [-0.1, -0.05) is 45.0 Å². The van der Waals surface area contributed by atoms with Crippen molar-refractivity contribution in [3.63, 3.8) is 0 Å². The first-order valence-electron chi connectivity index (χ1n) is 9.50. The predicted molar refractivity (Wildman–Crippen MR) is 117 cm³/mol. The number of hydrogen-bond donors (Lipinski definition) is 0. The Kier molecular flexibility index (Phi) is 4.93. The molecular weight excluding hydrogens is 420 g/mol. The zero-order valence-corrected chi connectivity index (χ0v) is 18.5. The van der Waals surface area contributed by atoms with Gasteiger partial charge in [-0.05, 0) is 57.4 Å². The van der Waals surface area contributed by atoms with Gasteiger partial charge in [0.2, 0.25) is 0 Å². The first kappa shape index (κ1) is 18.8. The second-order valence-corrected chi connectivity index (χ2v) is 10.8. The largest absolute Gasteiger partial charge is 0.337 e. The molecule has 0 unspecified atom stereocenters. The number of aromatic nitrogens is 1. The highest BCUT2D eigenvalue weighted by molar-refractivity contribution is 9.11. The van der Waals surface area contributed by atoms with Crippen LogP contribution in [0.2, 0.25) is 0 Å². The number of benzene rings is 1. The van der Waals surface area contributed by atoms with Crippen LogP contribution in [0.25, 0.3) is 10.2 Å². The van der Waals surface area contributed by atoms with Gasteiger partial charge in [0.05, 0.1) is 14.0 Å². The van der Waals surface area contributed by atoms with E-state index in [2.05, 4.69) is 77.7 Å². The summed E-state index contributed by atoms with van der Waals surface area (Å²) in [6, 6.07) is 13.0. The van der Waals surface area contributed by atoms with Crippen LogP contribution in [0, 0.1) is 0 Å². The Labute approximate surface area is 173 Å². The Morgan fingerprint density at radius 3 is 2.41 bits per heavy atom. The minimum atomic E-state index is 0.147. The molecule has 5 heteroatoms. The lowest BCUT2D eigenvalue weighted by molar-refractivity contribution is 0.0783. The zero-order chi connectivity index (χ0) is 19.2. The summed E-state index contributed by atoms with van der Waals surface area (Å²) >= 11 is 5.28. The molecule has 1 amide bonds. The summed E-state index contributed by atoms with van der Waals surface area (Å²) in [5, 5.41) is 0. The van der Waals surface area contributed by atoms with E-state index in [1.54, 1.807) is 11.3 Å². The number of likely N-dealkylation sites (tertiary alicyclic amines) is 1. The average Bonchev–Trinajstić information content (AvgIpc) is 3.32. The molecule has 142 valence electrons. The van der Waals surface area contributed by atoms with Crippen molar-refractivity contribution in [1.82, 2.24) is 9.47 Å². The van der Waals surface area contributed by atoms with Crippen molar-refractivity contribution in [2.45, 2.75) is 45.6 Å². The first-order valence-corrected chi connectivity index (χ1v) is 11.1. The number of amides is 1. The number of thiophene rings is 1. The van der Waals surface area contributed by atoms with Crippen LogP contribution in [-0.4, -0.2) is 28.5 Å². The molecule has 27 heavy (non-hydrogen) atoms. The number of carbonyl (C=O) groups is 1. The molecule has 0 radical (unpaired) electrons. The molecule has 4 rings (SSSR count). The summed E-state index contributed by atoms with van der Waals surface area (Å²) in [5.74, 6) is 0.165. The van der Waals surface area contributed by atoms with Crippen molar-refractivity contribution in [3.8, 4) is 0 Å². The molecule has 0 N–H and O–H groups in total. The maximum atomic E-state index is 13.1. The fraction of sp³-hybridized carbons (Fsp3) is 0.409. The Morgan fingerprint density at radius 1 is 1.11 bits per heavy atom. The summed E-state index contributed by atoms with van der Waals surface area (Å²) in [6.07, 6.45) is 2.22. The zero-order valence-electron chi connectivity index (χ0n) is 16.1. The molecule has 1 fully saturated rings. The number of nitrogens with zero attached hydrogens (tertiary/aromatic N) is 2. The summed E-state index contributed by atoms with van der Waals surface area (Å²) in [6.45, 7) is 9.16. The Hall–Kier alpha value is -1.59. The van der Waals surface area contributed by atoms with E-state index in [-0.39, 0.29) is 11.3 Å². The molecule has 0 bridgehead atoms. The predicted octanol–water partition coefficient (Wildman–Crippen LogP) is 6.05. The van der Waals surface area contributed by atoms with E-state index >= 15 is 0 Å². The lowest BCUT2D eigenvalue weighted by Crippen LogP contribution is -2.29. The summed E-state index contributed by atoms with van der Waals surface area (Å²) in [7, 11) is 0. The van der Waals surface area contributed by atoms with Crippen LogP contribution in [0.1, 0.15) is 55.2 Å². The van der Waals surface area contributed by atoms with E-state index in [1.165, 1.54) is 11.1 Å². The van der Waals surface area contributed by atoms with Crippen molar-refractivity contribution in [2.75, 3.05) is 13.1 Å². The van der Waals surface area contributed by atoms with Crippen LogP contribution < -0.4 is 0 Å². The second-order valence-electron chi connectivity index (χ2n) is 8.36. The van der Waals surface area contributed by atoms with Gasteiger partial charge in [-0.3, -0.25) is 4.79 Å². The first-order chi connectivity index (χ1) is 12.8. The number of fused-ring (bicyclic) bond motifs is 1. The van der Waals surface area contributed by atoms with E-state index in [0.717, 1.165) is 45.6 Å². The van der Waals surface area contributed by atoms with Crippen LogP contribution in [0.15, 0.2) is 40.2 Å². The average molecular weight is 445 g/mol. The Balaban J connectivity index is 1.70. The molecular formula is C22H25BrN2OS. The third-order valence-electron chi connectivity index (χ3n) is 5.33. The molecule has 3 aromatic rings. The molecule has 1 aliphatic rings. The van der Waals surface area contributed by atoms with E-state index in [0.29, 0.717) is 6.54 Å². The molecule has 1 aromatic carbocycles. The van der Waals surface area contributed by atoms with Crippen molar-refractivity contribution < 1.29 is 4.79 Å². The topological polar surface area (TPSA) is 25.2 Å². The van der Waals surface area contributed by atoms with Gasteiger partial charge in [0.15, 0.2) is 0 Å². The van der Waals surface area contributed by atoms with Crippen molar-refractivity contribution >= 4 is 43.4 Å². The maximum absolute atomic E-state index is 13.1. The van der Waals surface area contributed by atoms with Crippen LogP contribution in [-0.2, 0) is 12.0 Å². The van der Waals surface area contributed by atoms with Gasteiger partial charge in [-0.25, -0.2) is 0 Å². The standard InChI is InChI=1S/C22H25BrN2OS/c1-22(2,3)16-8-6-15(7-9-16)14-25-17-13-20(23)27-19(17)12-18(25)21(26)24-10-4-5-11-24/h6-9,12-13H,4-5,10-11,14H2,1-3H3. The smallest absolute Gasteiger partial charge is 0.270 e. The Morgan fingerprint density at radius 2 is 1.78 bits per heavy atom. The summed E-state index contributed by atoms with van der Waals surface area (Å²) in [5.41, 5.74) is 4.64. The van der Waals surface area contributed by atoms with Crippen molar-refractivity contribution in [1.29, 1.82) is 0 Å². The Bertz CT molecular complexity index is 972. The maximum Gasteiger partial charge on any atom is 0.270 e. The van der Waals surface area contributed by atoms with Crippen molar-refractivity contribution in [3.05, 3.63) is 57.0 Å². The third kappa shape index (κ3) is 3.72. The second kappa shape index (κ2) is 7.10. The lowest BCUT2D eigenvalue weighted by Gasteiger charge is -2.20. The molecule has 0 spiro atoms. The van der Waals surface area contributed by atoms with Gasteiger partial charge < -0.3 is 9.47 Å². The molecule has 2 aromatic heterocycles.